The molecule has 1 aromatic carbocycles. The Morgan fingerprint density at radius 3 is 2.57 bits per heavy atom. The first-order valence-corrected chi connectivity index (χ1v) is 18.2. The summed E-state index contributed by atoms with van der Waals surface area (Å²) in [7, 11) is 0. The van der Waals surface area contributed by atoms with Crippen molar-refractivity contribution in [3.05, 3.63) is 74.3 Å². The summed E-state index contributed by atoms with van der Waals surface area (Å²) in [5.74, 6) is -0.670. The molecule has 2 aromatic rings. The molecule has 2 saturated heterocycles. The molecule has 1 saturated carbocycles. The van der Waals surface area contributed by atoms with Gasteiger partial charge in [-0.2, -0.15) is 0 Å². The summed E-state index contributed by atoms with van der Waals surface area (Å²) in [6, 6.07) is 7.49. The number of amides is 2. The molecule has 7 rings (SSSR count). The molecule has 1 spiro atoms. The highest BCUT2D eigenvalue weighted by atomic mass is 35.5. The van der Waals surface area contributed by atoms with E-state index in [1.165, 1.54) is 17.8 Å². The largest absolute Gasteiger partial charge is 0.335 e. The first-order valence-electron chi connectivity index (χ1n) is 16.6. The molecule has 0 bridgehead atoms. The monoisotopic (exact) mass is 698 g/mol. The molecule has 4 aliphatic heterocycles. The Hall–Kier alpha value is -2.66. The minimum absolute atomic E-state index is 0.0372. The van der Waals surface area contributed by atoms with Gasteiger partial charge in [0.25, 0.3) is 5.91 Å². The first-order chi connectivity index (χ1) is 22.4. The van der Waals surface area contributed by atoms with Crippen molar-refractivity contribution < 1.29 is 14.0 Å². The molecular weight excluding hydrogens is 658 g/mol. The van der Waals surface area contributed by atoms with Crippen LogP contribution in [0.2, 0.25) is 10.2 Å². The Bertz CT molecular complexity index is 1680. The normalized spacial score (nSPS) is 29.6. The third-order valence-corrected chi connectivity index (χ3v) is 12.3. The van der Waals surface area contributed by atoms with Gasteiger partial charge in [-0.3, -0.25) is 9.59 Å². The van der Waals surface area contributed by atoms with E-state index in [-0.39, 0.29) is 40.4 Å². The lowest BCUT2D eigenvalue weighted by Crippen LogP contribution is -2.62. The molecular formula is C35H41Cl2FN6O2S. The standard InChI is InChI=1S/C35H41Cl2FN6O2S/c1-6-23-17-40-35(13-14-35)18-42(23)31(45)26-11-7-20(4)43(26)32(46)29-28(19(2)3)44-30(21-8-10-24(36)25(38)15-21)34(5,41-33(44)47-29)22-9-12-27(37)39-16-22/h8-10,12,15-16,19-20,23,26,30,40H,6-7,11,13-14,17-18H2,1-5H3/t20-,23-,26+,30-,34+/m1/s1. The lowest BCUT2D eigenvalue weighted by atomic mass is 9.81. The zero-order chi connectivity index (χ0) is 33.4. The van der Waals surface area contributed by atoms with E-state index >= 15 is 4.39 Å². The molecule has 3 fully saturated rings. The predicted octanol–water partition coefficient (Wildman–Crippen LogP) is 6.89. The third kappa shape index (κ3) is 5.47. The number of aliphatic imine (C=N–C) groups is 1. The molecule has 1 aromatic heterocycles. The zero-order valence-corrected chi connectivity index (χ0v) is 29.7. The van der Waals surface area contributed by atoms with Gasteiger partial charge in [-0.05, 0) is 87.4 Å². The highest BCUT2D eigenvalue weighted by Crippen LogP contribution is 2.56. The van der Waals surface area contributed by atoms with Crippen LogP contribution in [-0.2, 0) is 15.1 Å². The Kier molecular flexibility index (Phi) is 8.42. The van der Waals surface area contributed by atoms with Crippen molar-refractivity contribution >= 4 is 51.9 Å². The number of hydrogen-bond acceptors (Lipinski definition) is 7. The second kappa shape index (κ2) is 12.0. The zero-order valence-electron chi connectivity index (χ0n) is 27.4. The number of allylic oxidation sites excluding steroid dienone is 1. The number of aromatic nitrogens is 1. The minimum atomic E-state index is -0.870. The number of thioether (sulfide) groups is 1. The van der Waals surface area contributed by atoms with Gasteiger partial charge in [0.15, 0.2) is 5.17 Å². The van der Waals surface area contributed by atoms with Gasteiger partial charge in [0.2, 0.25) is 5.91 Å². The number of benzene rings is 1. The molecule has 0 unspecified atom stereocenters. The number of nitrogens with zero attached hydrogens (tertiary/aromatic N) is 5. The van der Waals surface area contributed by atoms with E-state index in [1.54, 1.807) is 18.3 Å². The number of rotatable bonds is 6. The predicted molar refractivity (Wildman–Crippen MR) is 185 cm³/mol. The van der Waals surface area contributed by atoms with Crippen LogP contribution in [0.1, 0.15) is 83.9 Å². The van der Waals surface area contributed by atoms with E-state index in [0.717, 1.165) is 43.5 Å². The van der Waals surface area contributed by atoms with Crippen LogP contribution in [-0.4, -0.2) is 73.4 Å². The van der Waals surface area contributed by atoms with Gasteiger partial charge in [-0.15, -0.1) is 0 Å². The van der Waals surface area contributed by atoms with E-state index in [4.69, 9.17) is 28.2 Å². The van der Waals surface area contributed by atoms with E-state index in [2.05, 4.69) is 40.9 Å². The third-order valence-electron chi connectivity index (χ3n) is 10.7. The topological polar surface area (TPSA) is 81.1 Å². The van der Waals surface area contributed by atoms with Crippen LogP contribution in [0, 0.1) is 11.7 Å². The Morgan fingerprint density at radius 2 is 1.94 bits per heavy atom. The second-order valence-electron chi connectivity index (χ2n) is 14.2. The average molecular weight is 700 g/mol. The maximum Gasteiger partial charge on any atom is 0.263 e. The molecule has 1 N–H and O–H groups in total. The molecule has 47 heavy (non-hydrogen) atoms. The van der Waals surface area contributed by atoms with Gasteiger partial charge in [-0.25, -0.2) is 14.4 Å². The van der Waals surface area contributed by atoms with Crippen molar-refractivity contribution in [3.63, 3.8) is 0 Å². The first kappa shape index (κ1) is 32.9. The van der Waals surface area contributed by atoms with Gasteiger partial charge in [0, 0.05) is 48.2 Å². The quantitative estimate of drug-likeness (QED) is 0.331. The van der Waals surface area contributed by atoms with Gasteiger partial charge in [0.05, 0.1) is 11.1 Å². The molecule has 0 radical (unpaired) electrons. The van der Waals surface area contributed by atoms with Crippen LogP contribution >= 0.6 is 35.0 Å². The molecule has 5 aliphatic rings. The highest BCUT2D eigenvalue weighted by Gasteiger charge is 2.55. The number of likely N-dealkylation sites (tertiary alicyclic amines) is 1. The molecule has 5 atom stereocenters. The molecule has 2 amide bonds. The van der Waals surface area contributed by atoms with Crippen LogP contribution in [0.5, 0.6) is 0 Å². The average Bonchev–Trinajstić information content (AvgIpc) is 3.37. The van der Waals surface area contributed by atoms with Crippen LogP contribution in [0.3, 0.4) is 0 Å². The van der Waals surface area contributed by atoms with Crippen LogP contribution in [0.15, 0.2) is 52.1 Å². The van der Waals surface area contributed by atoms with E-state index in [1.807, 2.05) is 30.9 Å². The maximum atomic E-state index is 15.0. The fraction of sp³-hybridized carbons (Fsp3) is 0.543. The van der Waals surface area contributed by atoms with Crippen molar-refractivity contribution in [2.75, 3.05) is 13.1 Å². The summed E-state index contributed by atoms with van der Waals surface area (Å²) in [6.07, 6.45) is 6.15. The fourth-order valence-electron chi connectivity index (χ4n) is 7.93. The summed E-state index contributed by atoms with van der Waals surface area (Å²) in [6.45, 7) is 11.8. The number of carbonyl (C=O) groups is 2. The van der Waals surface area contributed by atoms with Crippen molar-refractivity contribution in [2.24, 2.45) is 10.9 Å². The van der Waals surface area contributed by atoms with E-state index < -0.39 is 23.4 Å². The van der Waals surface area contributed by atoms with Crippen LogP contribution in [0.25, 0.3) is 0 Å². The molecule has 12 heteroatoms. The van der Waals surface area contributed by atoms with Gasteiger partial charge < -0.3 is 20.0 Å². The highest BCUT2D eigenvalue weighted by molar-refractivity contribution is 8.18. The number of carbonyl (C=O) groups excluding carboxylic acids is 2. The van der Waals surface area contributed by atoms with Crippen molar-refractivity contribution in [2.45, 2.75) is 102 Å². The Labute approximate surface area is 290 Å². The number of fused-ring (bicyclic) bond motifs is 1. The number of piperazine rings is 1. The summed E-state index contributed by atoms with van der Waals surface area (Å²) >= 11 is 13.6. The van der Waals surface area contributed by atoms with Crippen molar-refractivity contribution in [1.82, 2.24) is 25.0 Å². The van der Waals surface area contributed by atoms with Crippen molar-refractivity contribution in [1.29, 1.82) is 0 Å². The van der Waals surface area contributed by atoms with E-state index in [0.29, 0.717) is 33.8 Å². The second-order valence-corrected chi connectivity index (χ2v) is 15.9. The van der Waals surface area contributed by atoms with Crippen LogP contribution in [0.4, 0.5) is 4.39 Å². The van der Waals surface area contributed by atoms with Gasteiger partial charge in [-0.1, -0.05) is 56.1 Å². The van der Waals surface area contributed by atoms with Gasteiger partial charge in [0.1, 0.15) is 27.5 Å². The number of halogens is 3. The summed E-state index contributed by atoms with van der Waals surface area (Å²) in [5.41, 5.74) is 1.48. The summed E-state index contributed by atoms with van der Waals surface area (Å²) in [4.78, 5) is 45.2. The van der Waals surface area contributed by atoms with E-state index in [9.17, 15) is 9.59 Å². The summed E-state index contributed by atoms with van der Waals surface area (Å²) in [5, 5.41) is 4.74. The maximum absolute atomic E-state index is 15.0. The minimum Gasteiger partial charge on any atom is -0.335 e. The molecule has 1 aliphatic carbocycles. The van der Waals surface area contributed by atoms with Crippen LogP contribution < -0.4 is 5.32 Å². The lowest BCUT2D eigenvalue weighted by Gasteiger charge is -2.43. The number of nitrogens with one attached hydrogen (secondary N) is 1. The fourth-order valence-corrected chi connectivity index (χ4v) is 9.51. The van der Waals surface area contributed by atoms with Crippen molar-refractivity contribution in [3.8, 4) is 0 Å². The molecule has 8 nitrogen and oxygen atoms in total. The number of pyridine rings is 1. The number of amidine groups is 1. The molecule has 250 valence electrons. The smallest absolute Gasteiger partial charge is 0.263 e. The SMILES string of the molecule is CC[C@@H]1CNC2(CC2)CN1C(=O)[C@@H]1CC[C@@H](C)N1C(=O)C1=C(C(C)C)N2C(=N[C@@](C)(c3ccc(Cl)nc3)[C@H]2c2ccc(Cl)c(F)c2)S1. The summed E-state index contributed by atoms with van der Waals surface area (Å²) < 4.78 is 15.0. The Balaban J connectivity index is 1.27. The Morgan fingerprint density at radius 1 is 1.17 bits per heavy atom. The lowest BCUT2D eigenvalue weighted by molar-refractivity contribution is -0.146. The molecule has 5 heterocycles. The van der Waals surface area contributed by atoms with Gasteiger partial charge >= 0.3 is 0 Å². The number of hydrogen-bond donors (Lipinski definition) is 1.